The average Bonchev–Trinajstić information content (AvgIpc) is 3.11. The molecule has 0 radical (unpaired) electrons. The highest BCUT2D eigenvalue weighted by atomic mass is 16.5. The topological polar surface area (TPSA) is 64.8 Å². The second-order valence-electron chi connectivity index (χ2n) is 5.31. The lowest BCUT2D eigenvalue weighted by atomic mass is 10.1. The Hall–Kier alpha value is -2.51. The number of rotatable bonds is 8. The molecule has 3 rings (SSSR count). The van der Waals surface area contributed by atoms with Gasteiger partial charge in [-0.05, 0) is 0 Å². The van der Waals surface area contributed by atoms with Gasteiger partial charge in [-0.25, -0.2) is 4.98 Å². The van der Waals surface area contributed by atoms with Crippen LogP contribution >= 0.6 is 0 Å². The van der Waals surface area contributed by atoms with Crippen LogP contribution in [0.3, 0.4) is 0 Å². The first-order valence-electron chi connectivity index (χ1n) is 7.82. The number of nitrogens with zero attached hydrogens (tertiary/aromatic N) is 5. The Morgan fingerprint density at radius 2 is 1.75 bits per heavy atom. The molecule has 0 amide bonds. The monoisotopic (exact) mass is 327 g/mol. The van der Waals surface area contributed by atoms with E-state index in [4.69, 9.17) is 9.47 Å². The SMILES string of the molecule is COCCN(CCOC)c1cc(-c2ccccc2)nc2ncnn12. The summed E-state index contributed by atoms with van der Waals surface area (Å²) >= 11 is 0. The number of aromatic nitrogens is 4. The molecule has 0 N–H and O–H groups in total. The first-order valence-corrected chi connectivity index (χ1v) is 7.82. The molecule has 7 heteroatoms. The zero-order valence-electron chi connectivity index (χ0n) is 13.9. The predicted octanol–water partition coefficient (Wildman–Crippen LogP) is 1.89. The second kappa shape index (κ2) is 7.85. The summed E-state index contributed by atoms with van der Waals surface area (Å²) in [5, 5.41) is 4.31. The Balaban J connectivity index is 2.05. The van der Waals surface area contributed by atoms with Gasteiger partial charge in [0, 0.05) is 38.9 Å². The van der Waals surface area contributed by atoms with Crippen LogP contribution in [0, 0.1) is 0 Å². The fourth-order valence-electron chi connectivity index (χ4n) is 2.52. The van der Waals surface area contributed by atoms with Crippen molar-refractivity contribution in [3.8, 4) is 11.3 Å². The maximum Gasteiger partial charge on any atom is 0.254 e. The maximum absolute atomic E-state index is 5.24. The van der Waals surface area contributed by atoms with Gasteiger partial charge in [-0.15, -0.1) is 0 Å². The summed E-state index contributed by atoms with van der Waals surface area (Å²) in [5.74, 6) is 1.50. The van der Waals surface area contributed by atoms with Crippen LogP contribution in [0.2, 0.25) is 0 Å². The van der Waals surface area contributed by atoms with Crippen LogP contribution in [0.4, 0.5) is 5.82 Å². The molecule has 3 aromatic rings. The van der Waals surface area contributed by atoms with Gasteiger partial charge < -0.3 is 14.4 Å². The fraction of sp³-hybridized carbons (Fsp3) is 0.353. The minimum absolute atomic E-state index is 0.575. The van der Waals surface area contributed by atoms with Crippen LogP contribution in [-0.4, -0.2) is 60.1 Å². The Kier molecular flexibility index (Phi) is 5.35. The van der Waals surface area contributed by atoms with E-state index in [0.717, 1.165) is 30.2 Å². The van der Waals surface area contributed by atoms with Crippen molar-refractivity contribution in [3.63, 3.8) is 0 Å². The fourth-order valence-corrected chi connectivity index (χ4v) is 2.52. The first-order chi connectivity index (χ1) is 11.8. The average molecular weight is 327 g/mol. The van der Waals surface area contributed by atoms with E-state index < -0.39 is 0 Å². The molecule has 2 heterocycles. The first kappa shape index (κ1) is 16.4. The van der Waals surface area contributed by atoms with Crippen LogP contribution in [-0.2, 0) is 9.47 Å². The number of benzene rings is 1. The van der Waals surface area contributed by atoms with Gasteiger partial charge in [-0.2, -0.15) is 14.6 Å². The minimum Gasteiger partial charge on any atom is -0.383 e. The lowest BCUT2D eigenvalue weighted by molar-refractivity contribution is 0.190. The molecule has 0 unspecified atom stereocenters. The van der Waals surface area contributed by atoms with Crippen LogP contribution in [0.15, 0.2) is 42.7 Å². The highest BCUT2D eigenvalue weighted by Crippen LogP contribution is 2.23. The van der Waals surface area contributed by atoms with Gasteiger partial charge in [0.1, 0.15) is 12.1 Å². The lowest BCUT2D eigenvalue weighted by Gasteiger charge is -2.24. The zero-order chi connectivity index (χ0) is 16.8. The van der Waals surface area contributed by atoms with Crippen molar-refractivity contribution in [2.75, 3.05) is 45.4 Å². The second-order valence-corrected chi connectivity index (χ2v) is 5.31. The normalized spacial score (nSPS) is 11.1. The zero-order valence-corrected chi connectivity index (χ0v) is 13.9. The van der Waals surface area contributed by atoms with E-state index in [9.17, 15) is 0 Å². The van der Waals surface area contributed by atoms with Crippen molar-refractivity contribution in [1.29, 1.82) is 0 Å². The van der Waals surface area contributed by atoms with Gasteiger partial charge in [0.2, 0.25) is 0 Å². The Morgan fingerprint density at radius 1 is 1.04 bits per heavy atom. The number of fused-ring (bicyclic) bond motifs is 1. The van der Waals surface area contributed by atoms with E-state index in [0.29, 0.717) is 19.0 Å². The maximum atomic E-state index is 5.24. The van der Waals surface area contributed by atoms with Gasteiger partial charge >= 0.3 is 0 Å². The summed E-state index contributed by atoms with van der Waals surface area (Å²) in [5.41, 5.74) is 1.91. The Morgan fingerprint density at radius 3 is 2.42 bits per heavy atom. The summed E-state index contributed by atoms with van der Waals surface area (Å²) in [6.45, 7) is 2.69. The Bertz CT molecular complexity index is 767. The third-order valence-corrected chi connectivity index (χ3v) is 3.76. The molecule has 7 nitrogen and oxygen atoms in total. The number of methoxy groups -OCH3 is 2. The molecular formula is C17H21N5O2. The van der Waals surface area contributed by atoms with E-state index in [-0.39, 0.29) is 0 Å². The third kappa shape index (κ3) is 3.52. The molecule has 0 aliphatic carbocycles. The molecule has 0 saturated heterocycles. The molecule has 1 aromatic carbocycles. The molecule has 0 spiro atoms. The highest BCUT2D eigenvalue weighted by molar-refractivity contribution is 5.65. The van der Waals surface area contributed by atoms with Crippen LogP contribution in [0.5, 0.6) is 0 Å². The Labute approximate surface area is 140 Å². The van der Waals surface area contributed by atoms with Gasteiger partial charge in [-0.1, -0.05) is 30.3 Å². The number of ether oxygens (including phenoxy) is 2. The van der Waals surface area contributed by atoms with Crippen LogP contribution < -0.4 is 4.90 Å². The van der Waals surface area contributed by atoms with Gasteiger partial charge in [0.15, 0.2) is 0 Å². The predicted molar refractivity (Wildman–Crippen MR) is 92.2 cm³/mol. The van der Waals surface area contributed by atoms with Gasteiger partial charge in [0.25, 0.3) is 5.78 Å². The summed E-state index contributed by atoms with van der Waals surface area (Å²) in [6, 6.07) is 12.1. The van der Waals surface area contributed by atoms with Crippen molar-refractivity contribution in [3.05, 3.63) is 42.7 Å². The molecule has 0 aliphatic heterocycles. The molecule has 0 bridgehead atoms. The summed E-state index contributed by atoms with van der Waals surface area (Å²) in [4.78, 5) is 11.0. The third-order valence-electron chi connectivity index (χ3n) is 3.76. The van der Waals surface area contributed by atoms with E-state index in [1.54, 1.807) is 18.7 Å². The van der Waals surface area contributed by atoms with E-state index in [1.807, 2.05) is 36.4 Å². The molecule has 24 heavy (non-hydrogen) atoms. The summed E-state index contributed by atoms with van der Waals surface area (Å²) in [6.07, 6.45) is 1.52. The van der Waals surface area contributed by atoms with E-state index in [1.165, 1.54) is 6.33 Å². The standard InChI is InChI=1S/C17H21N5O2/c1-23-10-8-21(9-11-24-2)16-12-15(14-6-4-3-5-7-14)20-17-18-13-19-22(16)17/h3-7,12-13H,8-11H2,1-2H3. The van der Waals surface area contributed by atoms with Crippen LogP contribution in [0.1, 0.15) is 0 Å². The largest absolute Gasteiger partial charge is 0.383 e. The lowest BCUT2D eigenvalue weighted by Crippen LogP contribution is -2.32. The van der Waals surface area contributed by atoms with Gasteiger partial charge in [-0.3, -0.25) is 0 Å². The molecule has 126 valence electrons. The van der Waals surface area contributed by atoms with Gasteiger partial charge in [0.05, 0.1) is 18.9 Å². The minimum atomic E-state index is 0.575. The summed E-state index contributed by atoms with van der Waals surface area (Å²) < 4.78 is 12.2. The van der Waals surface area contributed by atoms with Crippen molar-refractivity contribution < 1.29 is 9.47 Å². The van der Waals surface area contributed by atoms with E-state index in [2.05, 4.69) is 20.0 Å². The van der Waals surface area contributed by atoms with Crippen LogP contribution in [0.25, 0.3) is 17.0 Å². The smallest absolute Gasteiger partial charge is 0.254 e. The quantitative estimate of drug-likeness (QED) is 0.629. The number of anilines is 1. The van der Waals surface area contributed by atoms with Crippen molar-refractivity contribution in [2.45, 2.75) is 0 Å². The molecule has 2 aromatic heterocycles. The summed E-state index contributed by atoms with van der Waals surface area (Å²) in [7, 11) is 3.39. The number of hydrogen-bond acceptors (Lipinski definition) is 6. The molecule has 0 atom stereocenters. The van der Waals surface area contributed by atoms with Crippen molar-refractivity contribution >= 4 is 11.6 Å². The number of hydrogen-bond donors (Lipinski definition) is 0. The molecule has 0 aliphatic rings. The molecular weight excluding hydrogens is 306 g/mol. The van der Waals surface area contributed by atoms with E-state index >= 15 is 0 Å². The molecule has 0 saturated carbocycles. The highest BCUT2D eigenvalue weighted by Gasteiger charge is 2.15. The molecule has 0 fully saturated rings. The van der Waals surface area contributed by atoms with Crippen molar-refractivity contribution in [1.82, 2.24) is 19.6 Å². The van der Waals surface area contributed by atoms with Crippen molar-refractivity contribution in [2.24, 2.45) is 0 Å².